The van der Waals surface area contributed by atoms with Gasteiger partial charge in [-0.3, -0.25) is 0 Å². The van der Waals surface area contributed by atoms with Crippen LogP contribution in [0.25, 0.3) is 0 Å². The van der Waals surface area contributed by atoms with Crippen LogP contribution in [0.5, 0.6) is 0 Å². The number of ether oxygens (including phenoxy) is 1. The summed E-state index contributed by atoms with van der Waals surface area (Å²) in [7, 11) is 1.71. The smallest absolute Gasteiger partial charge is 0.410 e. The molecule has 2 fully saturated rings. The average Bonchev–Trinajstić information content (AvgIpc) is 3.10. The molecule has 0 bridgehead atoms. The van der Waals surface area contributed by atoms with Crippen LogP contribution in [0.4, 0.5) is 9.59 Å². The summed E-state index contributed by atoms with van der Waals surface area (Å²) in [5.74, 6) is 0.633. The molecular formula is C15H22N4O4. The molecule has 23 heavy (non-hydrogen) atoms. The van der Waals surface area contributed by atoms with Crippen molar-refractivity contribution in [3.05, 3.63) is 17.5 Å². The first kappa shape index (κ1) is 15.6. The molecule has 1 N–H and O–H groups in total. The van der Waals surface area contributed by atoms with Crippen LogP contribution in [0.1, 0.15) is 31.2 Å². The van der Waals surface area contributed by atoms with Crippen LogP contribution in [0.15, 0.2) is 10.6 Å². The van der Waals surface area contributed by atoms with E-state index in [0.717, 1.165) is 25.0 Å². The molecule has 8 nitrogen and oxygen atoms in total. The molecule has 126 valence electrons. The zero-order chi connectivity index (χ0) is 16.4. The molecule has 3 amide bonds. The number of likely N-dealkylation sites (tertiary alicyclic amines) is 1. The highest BCUT2D eigenvalue weighted by Crippen LogP contribution is 2.31. The normalized spacial score (nSPS) is 24.2. The topological polar surface area (TPSA) is 87.9 Å². The number of aromatic nitrogens is 1. The molecule has 1 aromatic rings. The number of hydrogen-bond donors (Lipinski definition) is 1. The maximum Gasteiger partial charge on any atom is 0.410 e. The molecule has 0 saturated carbocycles. The van der Waals surface area contributed by atoms with E-state index >= 15 is 0 Å². The van der Waals surface area contributed by atoms with E-state index in [0.29, 0.717) is 31.9 Å². The summed E-state index contributed by atoms with van der Waals surface area (Å²) >= 11 is 0. The van der Waals surface area contributed by atoms with Gasteiger partial charge in [0.1, 0.15) is 5.60 Å². The van der Waals surface area contributed by atoms with Gasteiger partial charge in [-0.25, -0.2) is 9.59 Å². The van der Waals surface area contributed by atoms with Gasteiger partial charge in [-0.2, -0.15) is 0 Å². The van der Waals surface area contributed by atoms with Gasteiger partial charge in [0.2, 0.25) is 0 Å². The van der Waals surface area contributed by atoms with E-state index in [2.05, 4.69) is 10.5 Å². The number of piperidine rings is 1. The molecule has 1 atom stereocenters. The summed E-state index contributed by atoms with van der Waals surface area (Å²) < 4.78 is 10.7. The number of likely N-dealkylation sites (N-methyl/N-ethyl adjacent to an activating group) is 1. The van der Waals surface area contributed by atoms with Crippen molar-refractivity contribution in [2.45, 2.75) is 38.3 Å². The van der Waals surface area contributed by atoms with Crippen molar-refractivity contribution in [3.63, 3.8) is 0 Å². The number of nitrogens with zero attached hydrogens (tertiary/aromatic N) is 3. The van der Waals surface area contributed by atoms with Gasteiger partial charge in [0.25, 0.3) is 0 Å². The third kappa shape index (κ3) is 3.25. The SMILES string of the molecule is CCc1cc(CNC(=O)N2CCC[C@@]3(CN(C)C(=O)O3)C2)on1. The van der Waals surface area contributed by atoms with Crippen molar-refractivity contribution < 1.29 is 18.8 Å². The summed E-state index contributed by atoms with van der Waals surface area (Å²) in [6, 6.07) is 1.66. The first-order valence-corrected chi connectivity index (χ1v) is 7.93. The van der Waals surface area contributed by atoms with Gasteiger partial charge in [-0.1, -0.05) is 12.1 Å². The molecule has 0 radical (unpaired) electrons. The highest BCUT2D eigenvalue weighted by molar-refractivity contribution is 5.75. The summed E-state index contributed by atoms with van der Waals surface area (Å²) in [5.41, 5.74) is 0.301. The van der Waals surface area contributed by atoms with E-state index in [-0.39, 0.29) is 12.1 Å². The molecule has 2 aliphatic rings. The Morgan fingerprint density at radius 1 is 1.48 bits per heavy atom. The summed E-state index contributed by atoms with van der Waals surface area (Å²) in [5, 5.41) is 6.73. The molecule has 0 aliphatic carbocycles. The minimum Gasteiger partial charge on any atom is -0.439 e. The lowest BCUT2D eigenvalue weighted by Crippen LogP contribution is -2.54. The summed E-state index contributed by atoms with van der Waals surface area (Å²) in [6.45, 7) is 3.90. The Morgan fingerprint density at radius 3 is 2.96 bits per heavy atom. The number of amides is 3. The monoisotopic (exact) mass is 322 g/mol. The first-order chi connectivity index (χ1) is 11.0. The standard InChI is InChI=1S/C15H22N4O4/c1-3-11-7-12(23-17-11)8-16-13(20)19-6-4-5-15(10-19)9-18(2)14(21)22-15/h7H,3-6,8-10H2,1-2H3,(H,16,20)/t15-/m1/s1. The van der Waals surface area contributed by atoms with Crippen LogP contribution in [0.2, 0.25) is 0 Å². The fourth-order valence-corrected chi connectivity index (χ4v) is 3.16. The van der Waals surface area contributed by atoms with Crippen LogP contribution >= 0.6 is 0 Å². The number of urea groups is 1. The van der Waals surface area contributed by atoms with Gasteiger partial charge in [0.15, 0.2) is 5.76 Å². The summed E-state index contributed by atoms with van der Waals surface area (Å²) in [4.78, 5) is 27.2. The predicted molar refractivity (Wildman–Crippen MR) is 80.8 cm³/mol. The quantitative estimate of drug-likeness (QED) is 0.908. The van der Waals surface area contributed by atoms with Crippen LogP contribution in [-0.4, -0.2) is 59.4 Å². The Balaban J connectivity index is 1.56. The number of rotatable bonds is 3. The second kappa shape index (κ2) is 6.10. The second-order valence-corrected chi connectivity index (χ2v) is 6.23. The lowest BCUT2D eigenvalue weighted by Gasteiger charge is -2.38. The van der Waals surface area contributed by atoms with Crippen molar-refractivity contribution in [2.75, 3.05) is 26.7 Å². The Hall–Kier alpha value is -2.25. The third-order valence-corrected chi connectivity index (χ3v) is 4.35. The first-order valence-electron chi connectivity index (χ1n) is 7.93. The van der Waals surface area contributed by atoms with Crippen molar-refractivity contribution in [2.24, 2.45) is 0 Å². The molecule has 1 spiro atoms. The number of nitrogens with one attached hydrogen (secondary N) is 1. The van der Waals surface area contributed by atoms with Crippen LogP contribution in [-0.2, 0) is 17.7 Å². The zero-order valence-electron chi connectivity index (χ0n) is 13.5. The maximum absolute atomic E-state index is 12.3. The largest absolute Gasteiger partial charge is 0.439 e. The van der Waals surface area contributed by atoms with Crippen LogP contribution < -0.4 is 5.32 Å². The van der Waals surface area contributed by atoms with E-state index in [9.17, 15) is 9.59 Å². The third-order valence-electron chi connectivity index (χ3n) is 4.35. The minimum atomic E-state index is -0.566. The van der Waals surface area contributed by atoms with Gasteiger partial charge < -0.3 is 24.4 Å². The Labute approximate surface area is 134 Å². The number of hydrogen-bond acceptors (Lipinski definition) is 5. The fraction of sp³-hybridized carbons (Fsp3) is 0.667. The maximum atomic E-state index is 12.3. The number of aryl methyl sites for hydroxylation is 1. The molecular weight excluding hydrogens is 300 g/mol. The Kier molecular flexibility index (Phi) is 4.14. The molecule has 2 aliphatic heterocycles. The van der Waals surface area contributed by atoms with Crippen molar-refractivity contribution >= 4 is 12.1 Å². The lowest BCUT2D eigenvalue weighted by atomic mass is 9.93. The average molecular weight is 322 g/mol. The fourth-order valence-electron chi connectivity index (χ4n) is 3.16. The zero-order valence-corrected chi connectivity index (χ0v) is 13.5. The van der Waals surface area contributed by atoms with Crippen LogP contribution in [0.3, 0.4) is 0 Å². The highest BCUT2D eigenvalue weighted by Gasteiger charge is 2.47. The molecule has 0 unspecified atom stereocenters. The number of carbonyl (C=O) groups is 2. The van der Waals surface area contributed by atoms with E-state index < -0.39 is 5.60 Å². The van der Waals surface area contributed by atoms with E-state index in [4.69, 9.17) is 9.26 Å². The summed E-state index contributed by atoms with van der Waals surface area (Å²) in [6.07, 6.45) is 2.08. The van der Waals surface area contributed by atoms with Gasteiger partial charge in [0.05, 0.1) is 25.3 Å². The second-order valence-electron chi connectivity index (χ2n) is 6.23. The van der Waals surface area contributed by atoms with E-state index in [1.165, 1.54) is 0 Å². The van der Waals surface area contributed by atoms with Gasteiger partial charge >= 0.3 is 12.1 Å². The van der Waals surface area contributed by atoms with E-state index in [1.807, 2.05) is 13.0 Å². The molecule has 3 rings (SSSR count). The molecule has 1 aromatic heterocycles. The molecule has 0 aromatic carbocycles. The van der Waals surface area contributed by atoms with Crippen molar-refractivity contribution in [1.29, 1.82) is 0 Å². The van der Waals surface area contributed by atoms with Crippen molar-refractivity contribution in [1.82, 2.24) is 20.3 Å². The van der Waals surface area contributed by atoms with Gasteiger partial charge in [-0.05, 0) is 19.3 Å². The van der Waals surface area contributed by atoms with E-state index in [1.54, 1.807) is 16.8 Å². The molecule has 3 heterocycles. The van der Waals surface area contributed by atoms with Gasteiger partial charge in [0, 0.05) is 19.7 Å². The van der Waals surface area contributed by atoms with Crippen molar-refractivity contribution in [3.8, 4) is 0 Å². The Bertz CT molecular complexity index is 602. The Morgan fingerprint density at radius 2 is 2.30 bits per heavy atom. The molecule has 2 saturated heterocycles. The van der Waals surface area contributed by atoms with Crippen LogP contribution in [0, 0.1) is 0 Å². The lowest BCUT2D eigenvalue weighted by molar-refractivity contribution is 0.00312. The number of carbonyl (C=O) groups excluding carboxylic acids is 2. The predicted octanol–water partition coefficient (Wildman–Crippen LogP) is 1.36. The highest BCUT2D eigenvalue weighted by atomic mass is 16.6. The minimum absolute atomic E-state index is 0.177. The van der Waals surface area contributed by atoms with Gasteiger partial charge in [-0.15, -0.1) is 0 Å². The molecule has 8 heteroatoms.